The number of rotatable bonds is 2. The molecule has 0 saturated carbocycles. The minimum absolute atomic E-state index is 0.313. The smallest absolute Gasteiger partial charge is 0.135 e. The molecule has 1 aromatic carbocycles. The monoisotopic (exact) mass is 271 g/mol. The molecule has 1 aromatic heterocycles. The van der Waals surface area contributed by atoms with Crippen molar-refractivity contribution in [2.24, 2.45) is 0 Å². The third-order valence-electron chi connectivity index (χ3n) is 2.26. The number of hydrogen-bond donors (Lipinski definition) is 0. The van der Waals surface area contributed by atoms with E-state index in [0.717, 1.165) is 16.7 Å². The lowest BCUT2D eigenvalue weighted by atomic mass is 10.0. The molecule has 1 heterocycles. The predicted octanol–water partition coefficient (Wildman–Crippen LogP) is 4.79. The fourth-order valence-corrected chi connectivity index (χ4v) is 2.35. The van der Waals surface area contributed by atoms with Crippen LogP contribution in [0.25, 0.3) is 11.1 Å². The van der Waals surface area contributed by atoms with E-state index in [4.69, 9.17) is 34.8 Å². The van der Waals surface area contributed by atoms with Crippen molar-refractivity contribution in [2.45, 2.75) is 5.88 Å². The second-order valence-electron chi connectivity index (χ2n) is 3.26. The number of aromatic nitrogens is 1. The second-order valence-corrected chi connectivity index (χ2v) is 4.27. The first-order chi connectivity index (χ1) is 7.72. The lowest BCUT2D eigenvalue weighted by Gasteiger charge is -2.09. The van der Waals surface area contributed by atoms with Gasteiger partial charge in [0, 0.05) is 5.56 Å². The Kier molecular flexibility index (Phi) is 3.70. The van der Waals surface area contributed by atoms with Crippen molar-refractivity contribution in [3.63, 3.8) is 0 Å². The zero-order chi connectivity index (χ0) is 11.5. The Morgan fingerprint density at radius 3 is 2.38 bits per heavy atom. The van der Waals surface area contributed by atoms with E-state index in [-0.39, 0.29) is 0 Å². The summed E-state index contributed by atoms with van der Waals surface area (Å²) in [7, 11) is 0. The molecule has 0 amide bonds. The zero-order valence-corrected chi connectivity index (χ0v) is 10.5. The number of pyridine rings is 1. The summed E-state index contributed by atoms with van der Waals surface area (Å²) >= 11 is 17.8. The van der Waals surface area contributed by atoms with Crippen LogP contribution in [0.4, 0.5) is 0 Å². The first-order valence-corrected chi connectivity index (χ1v) is 5.97. The van der Waals surface area contributed by atoms with E-state index in [1.165, 1.54) is 0 Å². The molecule has 82 valence electrons. The maximum absolute atomic E-state index is 6.00. The van der Waals surface area contributed by atoms with Crippen LogP contribution in [-0.2, 0) is 5.88 Å². The fraction of sp³-hybridized carbons (Fsp3) is 0.0833. The maximum atomic E-state index is 6.00. The van der Waals surface area contributed by atoms with Crippen molar-refractivity contribution in [3.8, 4) is 11.1 Å². The number of hydrogen-bond acceptors (Lipinski definition) is 1. The lowest BCUT2D eigenvalue weighted by molar-refractivity contribution is 1.25. The van der Waals surface area contributed by atoms with Gasteiger partial charge >= 0.3 is 0 Å². The first-order valence-electron chi connectivity index (χ1n) is 4.68. The third kappa shape index (κ3) is 2.32. The van der Waals surface area contributed by atoms with Crippen LogP contribution in [0, 0.1) is 0 Å². The Hall–Kier alpha value is -0.760. The predicted molar refractivity (Wildman–Crippen MR) is 69.3 cm³/mol. The lowest BCUT2D eigenvalue weighted by Crippen LogP contribution is -1.91. The van der Waals surface area contributed by atoms with Crippen LogP contribution in [0.1, 0.15) is 5.56 Å². The molecule has 0 fully saturated rings. The Balaban J connectivity index is 2.64. The van der Waals surface area contributed by atoms with E-state index in [9.17, 15) is 0 Å². The van der Waals surface area contributed by atoms with Gasteiger partial charge in [-0.15, -0.1) is 11.6 Å². The maximum Gasteiger partial charge on any atom is 0.135 e. The van der Waals surface area contributed by atoms with Crippen molar-refractivity contribution < 1.29 is 0 Å². The Morgan fingerprint density at radius 1 is 1.06 bits per heavy atom. The minimum Gasteiger partial charge on any atom is -0.224 e. The molecular formula is C12H8Cl3N. The van der Waals surface area contributed by atoms with Gasteiger partial charge in [0.05, 0.1) is 5.88 Å². The molecule has 0 radical (unpaired) electrons. The van der Waals surface area contributed by atoms with E-state index >= 15 is 0 Å². The Bertz CT molecular complexity index is 497. The van der Waals surface area contributed by atoms with Gasteiger partial charge in [0.15, 0.2) is 0 Å². The molecule has 16 heavy (non-hydrogen) atoms. The first kappa shape index (κ1) is 11.7. The van der Waals surface area contributed by atoms with Crippen molar-refractivity contribution in [3.05, 3.63) is 52.3 Å². The van der Waals surface area contributed by atoms with Gasteiger partial charge in [-0.05, 0) is 17.2 Å². The molecule has 0 N–H and O–H groups in total. The minimum atomic E-state index is 0.313. The zero-order valence-electron chi connectivity index (χ0n) is 8.25. The number of benzene rings is 1. The van der Waals surface area contributed by atoms with Gasteiger partial charge in [-0.2, -0.15) is 0 Å². The average molecular weight is 273 g/mol. The van der Waals surface area contributed by atoms with Crippen molar-refractivity contribution in [1.82, 2.24) is 4.98 Å². The molecule has 0 aliphatic heterocycles. The molecule has 1 nitrogen and oxygen atoms in total. The van der Waals surface area contributed by atoms with Gasteiger partial charge in [-0.25, -0.2) is 4.98 Å². The summed E-state index contributed by atoms with van der Waals surface area (Å²) in [6.45, 7) is 0. The quantitative estimate of drug-likeness (QED) is 0.565. The van der Waals surface area contributed by atoms with Crippen LogP contribution in [0.2, 0.25) is 10.3 Å². The summed E-state index contributed by atoms with van der Waals surface area (Å²) in [4.78, 5) is 3.98. The van der Waals surface area contributed by atoms with E-state index in [0.29, 0.717) is 16.2 Å². The molecule has 0 bridgehead atoms. The van der Waals surface area contributed by atoms with Gasteiger partial charge in [0.1, 0.15) is 10.3 Å². The van der Waals surface area contributed by atoms with Crippen LogP contribution in [-0.4, -0.2) is 4.98 Å². The normalized spacial score (nSPS) is 10.4. The van der Waals surface area contributed by atoms with Gasteiger partial charge < -0.3 is 0 Å². The SMILES string of the molecule is ClCc1c(-c2ccccc2)cc(Cl)nc1Cl. The van der Waals surface area contributed by atoms with Crippen LogP contribution in [0.5, 0.6) is 0 Å². The van der Waals surface area contributed by atoms with Crippen molar-refractivity contribution >= 4 is 34.8 Å². The van der Waals surface area contributed by atoms with Gasteiger partial charge in [-0.1, -0.05) is 53.5 Å². The molecule has 0 spiro atoms. The van der Waals surface area contributed by atoms with E-state index in [1.54, 1.807) is 6.07 Å². The van der Waals surface area contributed by atoms with Gasteiger partial charge in [-0.3, -0.25) is 0 Å². The van der Waals surface area contributed by atoms with Crippen LogP contribution >= 0.6 is 34.8 Å². The van der Waals surface area contributed by atoms with E-state index in [2.05, 4.69) is 4.98 Å². The summed E-state index contributed by atoms with van der Waals surface area (Å²) < 4.78 is 0. The van der Waals surface area contributed by atoms with Gasteiger partial charge in [0.2, 0.25) is 0 Å². The van der Waals surface area contributed by atoms with E-state index < -0.39 is 0 Å². The topological polar surface area (TPSA) is 12.9 Å². The molecule has 4 heteroatoms. The molecule has 0 aliphatic rings. The summed E-state index contributed by atoms with van der Waals surface area (Å²) in [5, 5.41) is 0.735. The highest BCUT2D eigenvalue weighted by Crippen LogP contribution is 2.31. The highest BCUT2D eigenvalue weighted by Gasteiger charge is 2.11. The molecule has 0 aliphatic carbocycles. The number of alkyl halides is 1. The molecule has 2 rings (SSSR count). The molecule has 0 unspecified atom stereocenters. The summed E-state index contributed by atoms with van der Waals surface area (Å²) in [6.07, 6.45) is 0. The molecule has 0 saturated heterocycles. The van der Waals surface area contributed by atoms with Crippen LogP contribution in [0.3, 0.4) is 0 Å². The largest absolute Gasteiger partial charge is 0.224 e. The highest BCUT2D eigenvalue weighted by atomic mass is 35.5. The summed E-state index contributed by atoms with van der Waals surface area (Å²) in [5.41, 5.74) is 2.77. The van der Waals surface area contributed by atoms with Crippen molar-refractivity contribution in [2.75, 3.05) is 0 Å². The molecule has 2 aromatic rings. The number of halogens is 3. The fourth-order valence-electron chi connectivity index (χ4n) is 1.51. The third-order valence-corrected chi connectivity index (χ3v) is 3.03. The summed E-state index contributed by atoms with van der Waals surface area (Å²) in [5.74, 6) is 0.313. The highest BCUT2D eigenvalue weighted by molar-refractivity contribution is 6.34. The Labute approximate surface area is 109 Å². The molecular weight excluding hydrogens is 264 g/mol. The van der Waals surface area contributed by atoms with E-state index in [1.807, 2.05) is 30.3 Å². The number of nitrogens with zero attached hydrogens (tertiary/aromatic N) is 1. The van der Waals surface area contributed by atoms with Crippen LogP contribution in [0.15, 0.2) is 36.4 Å². The Morgan fingerprint density at radius 2 is 1.75 bits per heavy atom. The van der Waals surface area contributed by atoms with Crippen LogP contribution < -0.4 is 0 Å². The standard InChI is InChI=1S/C12H8Cl3N/c13-7-10-9(6-11(14)16-12(10)15)8-4-2-1-3-5-8/h1-6H,7H2. The molecule has 0 atom stereocenters. The van der Waals surface area contributed by atoms with Crippen molar-refractivity contribution in [1.29, 1.82) is 0 Å². The van der Waals surface area contributed by atoms with Gasteiger partial charge in [0.25, 0.3) is 0 Å². The summed E-state index contributed by atoms with van der Waals surface area (Å²) in [6, 6.07) is 11.6. The second kappa shape index (κ2) is 5.05. The average Bonchev–Trinajstić information content (AvgIpc) is 2.29.